The maximum atomic E-state index is 5.53. The minimum absolute atomic E-state index is 0.571. The van der Waals surface area contributed by atoms with Gasteiger partial charge in [-0.2, -0.15) is 0 Å². The van der Waals surface area contributed by atoms with Gasteiger partial charge in [-0.25, -0.2) is 0 Å². The van der Waals surface area contributed by atoms with Crippen LogP contribution in [0.3, 0.4) is 0 Å². The Morgan fingerprint density at radius 2 is 0.900 bits per heavy atom. The molecule has 0 aromatic rings. The largest absolute Gasteiger partial charge is 0.379 e. The molecule has 184 valence electrons. The smallest absolute Gasteiger partial charge is 0.0701 e. The monoisotopic (exact) mass is 437 g/mol. The topological polar surface area (TPSA) is 58.6 Å². The average Bonchev–Trinajstić information content (AvgIpc) is 2.78. The summed E-state index contributed by atoms with van der Waals surface area (Å²) in [5.74, 6) is 0.736. The summed E-state index contributed by atoms with van der Waals surface area (Å²) in [4.78, 5) is 2.22. The number of ether oxygens (including phenoxy) is 6. The van der Waals surface area contributed by atoms with Gasteiger partial charge in [-0.05, 0) is 25.9 Å². The fourth-order valence-electron chi connectivity index (χ4n) is 2.07. The first kappa shape index (κ1) is 31.9. The van der Waals surface area contributed by atoms with E-state index in [2.05, 4.69) is 32.7 Å². The van der Waals surface area contributed by atoms with Crippen molar-refractivity contribution in [3.63, 3.8) is 0 Å². The summed E-state index contributed by atoms with van der Waals surface area (Å²) in [5.41, 5.74) is 0. The van der Waals surface area contributed by atoms with E-state index in [9.17, 15) is 0 Å². The second-order valence-electron chi connectivity index (χ2n) is 6.87. The molecule has 0 amide bonds. The standard InChI is InChI=1S/C21H45NO6.C2H6/c1-5-21(3)7-9-23-11-13-25-15-17-27-19-20-28-18-16-26-14-12-24-10-8-22(4)6-2;1-2/h21H,5-20H2,1-4H3;1-2H3. The predicted molar refractivity (Wildman–Crippen MR) is 124 cm³/mol. The van der Waals surface area contributed by atoms with Gasteiger partial charge in [0.25, 0.3) is 0 Å². The highest BCUT2D eigenvalue weighted by Crippen LogP contribution is 2.05. The van der Waals surface area contributed by atoms with Crippen molar-refractivity contribution in [3.8, 4) is 0 Å². The highest BCUT2D eigenvalue weighted by Gasteiger charge is 1.98. The van der Waals surface area contributed by atoms with Crippen LogP contribution in [-0.2, 0) is 28.4 Å². The molecule has 0 rings (SSSR count). The summed E-state index contributed by atoms with van der Waals surface area (Å²) >= 11 is 0. The predicted octanol–water partition coefficient (Wildman–Crippen LogP) is 3.50. The molecule has 1 unspecified atom stereocenters. The molecule has 0 saturated carbocycles. The molecule has 0 spiro atoms. The third kappa shape index (κ3) is 27.7. The minimum atomic E-state index is 0.571. The number of likely N-dealkylation sites (N-methyl/N-ethyl adjacent to an activating group) is 1. The van der Waals surface area contributed by atoms with Gasteiger partial charge < -0.3 is 33.3 Å². The first-order chi connectivity index (χ1) is 14.7. The van der Waals surface area contributed by atoms with E-state index in [1.165, 1.54) is 6.42 Å². The molecule has 0 N–H and O–H groups in total. The normalized spacial score (nSPS) is 12.1. The first-order valence-electron chi connectivity index (χ1n) is 11.9. The van der Waals surface area contributed by atoms with E-state index in [0.29, 0.717) is 66.1 Å². The molecule has 0 aromatic carbocycles. The highest BCUT2D eigenvalue weighted by molar-refractivity contribution is 4.48. The molecular formula is C23H51NO6. The van der Waals surface area contributed by atoms with Gasteiger partial charge in [0.1, 0.15) is 0 Å². The van der Waals surface area contributed by atoms with Gasteiger partial charge >= 0.3 is 0 Å². The zero-order valence-electron chi connectivity index (χ0n) is 20.8. The molecule has 30 heavy (non-hydrogen) atoms. The van der Waals surface area contributed by atoms with Crippen LogP contribution in [0.5, 0.6) is 0 Å². The molecule has 0 saturated heterocycles. The molecule has 7 heteroatoms. The second kappa shape index (κ2) is 28.7. The average molecular weight is 438 g/mol. The number of hydrogen-bond acceptors (Lipinski definition) is 7. The fourth-order valence-corrected chi connectivity index (χ4v) is 2.07. The Labute approximate surface area is 186 Å². The third-order valence-electron chi connectivity index (χ3n) is 4.47. The molecule has 0 aliphatic heterocycles. The Hall–Kier alpha value is -0.280. The van der Waals surface area contributed by atoms with E-state index in [1.807, 2.05) is 13.8 Å². The van der Waals surface area contributed by atoms with Crippen molar-refractivity contribution < 1.29 is 28.4 Å². The maximum Gasteiger partial charge on any atom is 0.0701 e. The van der Waals surface area contributed by atoms with Gasteiger partial charge in [-0.15, -0.1) is 0 Å². The van der Waals surface area contributed by atoms with Crippen LogP contribution in [0.15, 0.2) is 0 Å². The summed E-state index contributed by atoms with van der Waals surface area (Å²) in [5, 5.41) is 0. The Kier molecular flexibility index (Phi) is 30.5. The van der Waals surface area contributed by atoms with Crippen LogP contribution in [0.4, 0.5) is 0 Å². The van der Waals surface area contributed by atoms with Crippen molar-refractivity contribution in [1.82, 2.24) is 4.90 Å². The Morgan fingerprint density at radius 3 is 1.23 bits per heavy atom. The van der Waals surface area contributed by atoms with E-state index in [1.54, 1.807) is 0 Å². The van der Waals surface area contributed by atoms with E-state index < -0.39 is 0 Å². The van der Waals surface area contributed by atoms with Crippen LogP contribution >= 0.6 is 0 Å². The molecule has 0 aromatic heterocycles. The molecule has 0 heterocycles. The van der Waals surface area contributed by atoms with Gasteiger partial charge in [-0.1, -0.05) is 41.0 Å². The van der Waals surface area contributed by atoms with Crippen LogP contribution in [-0.4, -0.2) is 104 Å². The van der Waals surface area contributed by atoms with E-state index in [-0.39, 0.29) is 0 Å². The molecule has 0 bridgehead atoms. The van der Waals surface area contributed by atoms with E-state index >= 15 is 0 Å². The van der Waals surface area contributed by atoms with Gasteiger partial charge in [0.15, 0.2) is 0 Å². The second-order valence-corrected chi connectivity index (χ2v) is 6.87. The van der Waals surface area contributed by atoms with Crippen molar-refractivity contribution in [2.45, 2.75) is 47.5 Å². The zero-order chi connectivity index (χ0) is 22.7. The van der Waals surface area contributed by atoms with Crippen molar-refractivity contribution in [2.24, 2.45) is 5.92 Å². The van der Waals surface area contributed by atoms with E-state index in [0.717, 1.165) is 38.6 Å². The Morgan fingerprint density at radius 1 is 0.567 bits per heavy atom. The number of hydrogen-bond donors (Lipinski definition) is 0. The summed E-state index contributed by atoms with van der Waals surface area (Å²) < 4.78 is 32.8. The molecule has 1 atom stereocenters. The Bertz CT molecular complexity index is 269. The lowest BCUT2D eigenvalue weighted by Crippen LogP contribution is -2.23. The zero-order valence-corrected chi connectivity index (χ0v) is 20.8. The fraction of sp³-hybridized carbons (Fsp3) is 1.00. The summed E-state index contributed by atoms with van der Waals surface area (Å²) in [6.07, 6.45) is 2.33. The van der Waals surface area contributed by atoms with Crippen molar-refractivity contribution in [2.75, 3.05) is 99.4 Å². The van der Waals surface area contributed by atoms with Gasteiger partial charge in [0.05, 0.1) is 72.7 Å². The van der Waals surface area contributed by atoms with Gasteiger partial charge in [0, 0.05) is 13.2 Å². The van der Waals surface area contributed by atoms with Crippen LogP contribution < -0.4 is 0 Å². The summed E-state index contributed by atoms with van der Waals surface area (Å²) in [6, 6.07) is 0. The minimum Gasteiger partial charge on any atom is -0.379 e. The Balaban J connectivity index is 0. The first-order valence-corrected chi connectivity index (χ1v) is 11.9. The number of rotatable bonds is 23. The van der Waals surface area contributed by atoms with Crippen LogP contribution in [0.1, 0.15) is 47.5 Å². The molecule has 0 fully saturated rings. The lowest BCUT2D eigenvalue weighted by Gasteiger charge is -2.13. The van der Waals surface area contributed by atoms with Crippen molar-refractivity contribution in [3.05, 3.63) is 0 Å². The quantitative estimate of drug-likeness (QED) is 0.227. The summed E-state index contributed by atoms with van der Waals surface area (Å²) in [6.45, 7) is 20.1. The SMILES string of the molecule is CC.CCC(C)CCOCCOCCOCCOCCOCCOCCN(C)CC. The van der Waals surface area contributed by atoms with Gasteiger partial charge in [-0.3, -0.25) is 0 Å². The molecule has 0 aliphatic rings. The van der Waals surface area contributed by atoms with E-state index in [4.69, 9.17) is 28.4 Å². The lowest BCUT2D eigenvalue weighted by molar-refractivity contribution is -0.0176. The molecular weight excluding hydrogens is 386 g/mol. The third-order valence-corrected chi connectivity index (χ3v) is 4.47. The summed E-state index contributed by atoms with van der Waals surface area (Å²) in [7, 11) is 2.08. The number of nitrogens with zero attached hydrogens (tertiary/aromatic N) is 1. The van der Waals surface area contributed by atoms with Crippen molar-refractivity contribution >= 4 is 0 Å². The lowest BCUT2D eigenvalue weighted by atomic mass is 10.1. The van der Waals surface area contributed by atoms with Crippen LogP contribution in [0.25, 0.3) is 0 Å². The molecule has 7 nitrogen and oxygen atoms in total. The molecule has 0 radical (unpaired) electrons. The van der Waals surface area contributed by atoms with Crippen LogP contribution in [0.2, 0.25) is 0 Å². The highest BCUT2D eigenvalue weighted by atomic mass is 16.6. The maximum absolute atomic E-state index is 5.53. The van der Waals surface area contributed by atoms with Gasteiger partial charge in [0.2, 0.25) is 0 Å². The van der Waals surface area contributed by atoms with Crippen LogP contribution in [0, 0.1) is 5.92 Å². The van der Waals surface area contributed by atoms with Crippen molar-refractivity contribution in [1.29, 1.82) is 0 Å². The molecule has 0 aliphatic carbocycles.